The second-order valence-electron chi connectivity index (χ2n) is 11.0. The van der Waals surface area contributed by atoms with Crippen molar-refractivity contribution in [2.45, 2.75) is 63.8 Å². The minimum absolute atomic E-state index is 0.102. The lowest BCUT2D eigenvalue weighted by Gasteiger charge is -2.32. The quantitative estimate of drug-likeness (QED) is 0.318. The van der Waals surface area contributed by atoms with E-state index >= 15 is 0 Å². The molecule has 1 aliphatic heterocycles. The smallest absolute Gasteiger partial charge is 0.251 e. The molecule has 1 saturated carbocycles. The van der Waals surface area contributed by atoms with E-state index in [1.54, 1.807) is 4.90 Å². The molecule has 38 heavy (non-hydrogen) atoms. The highest BCUT2D eigenvalue weighted by Crippen LogP contribution is 2.61. The number of rotatable bonds is 9. The molecule has 0 bridgehead atoms. The van der Waals surface area contributed by atoms with E-state index in [9.17, 15) is 18.4 Å². The Bertz CT molecular complexity index is 1290. The summed E-state index contributed by atoms with van der Waals surface area (Å²) in [4.78, 5) is 28.6. The Morgan fingerprint density at radius 1 is 0.974 bits per heavy atom. The molecule has 1 fully saturated rings. The molecule has 2 amide bonds. The second kappa shape index (κ2) is 11.1. The maximum atomic E-state index is 13.8. The Kier molecular flexibility index (Phi) is 7.59. The molecule has 0 spiro atoms. The molecule has 5 rings (SSSR count). The van der Waals surface area contributed by atoms with E-state index in [2.05, 4.69) is 18.3 Å². The number of halogens is 2. The molecule has 2 aliphatic rings. The summed E-state index contributed by atoms with van der Waals surface area (Å²) in [6, 6.07) is 19.4. The normalized spacial score (nSPS) is 20.9. The van der Waals surface area contributed by atoms with E-state index in [0.717, 1.165) is 49.8 Å². The average molecular weight is 517 g/mol. The summed E-state index contributed by atoms with van der Waals surface area (Å²) in [5, 5.41) is 2.95. The number of fused-ring (bicyclic) bond motifs is 1. The lowest BCUT2D eigenvalue weighted by Crippen LogP contribution is -2.50. The number of anilines is 1. The van der Waals surface area contributed by atoms with Gasteiger partial charge in [0.2, 0.25) is 5.91 Å². The molecular weight excluding hydrogens is 482 g/mol. The van der Waals surface area contributed by atoms with Crippen molar-refractivity contribution in [3.63, 3.8) is 0 Å². The fourth-order valence-corrected chi connectivity index (χ4v) is 5.83. The van der Waals surface area contributed by atoms with Crippen molar-refractivity contribution in [1.82, 2.24) is 5.32 Å². The molecule has 0 radical (unpaired) electrons. The lowest BCUT2D eigenvalue weighted by atomic mass is 9.93. The fourth-order valence-electron chi connectivity index (χ4n) is 5.83. The molecule has 198 valence electrons. The van der Waals surface area contributed by atoms with Gasteiger partial charge in [0.1, 0.15) is 17.7 Å². The van der Waals surface area contributed by atoms with E-state index in [4.69, 9.17) is 0 Å². The SMILES string of the molecule is CC1(CCCC[C@H](NC(=O)c2ccc(F)cc2)C(=O)N2CCCc3ccccc32)C[C@H]1c1ccc(F)cc1. The van der Waals surface area contributed by atoms with E-state index < -0.39 is 11.9 Å². The number of carbonyl (C=O) groups is 2. The van der Waals surface area contributed by atoms with Gasteiger partial charge in [-0.1, -0.05) is 50.1 Å². The van der Waals surface area contributed by atoms with Crippen LogP contribution in [0, 0.1) is 17.0 Å². The molecule has 3 aromatic carbocycles. The molecule has 0 saturated heterocycles. The number of benzene rings is 3. The maximum Gasteiger partial charge on any atom is 0.251 e. The molecule has 6 heteroatoms. The van der Waals surface area contributed by atoms with Crippen molar-refractivity contribution in [2.75, 3.05) is 11.4 Å². The first-order valence-corrected chi connectivity index (χ1v) is 13.6. The maximum absolute atomic E-state index is 13.8. The highest BCUT2D eigenvalue weighted by atomic mass is 19.1. The van der Waals surface area contributed by atoms with E-state index in [1.165, 1.54) is 42.0 Å². The zero-order chi connectivity index (χ0) is 26.7. The highest BCUT2D eigenvalue weighted by molar-refractivity contribution is 6.02. The average Bonchev–Trinajstić information content (AvgIpc) is 3.61. The summed E-state index contributed by atoms with van der Waals surface area (Å²) >= 11 is 0. The number of carbonyl (C=O) groups excluding carboxylic acids is 2. The van der Waals surface area contributed by atoms with Gasteiger partial charge in [0, 0.05) is 17.8 Å². The largest absolute Gasteiger partial charge is 0.340 e. The summed E-state index contributed by atoms with van der Waals surface area (Å²) in [5.74, 6) is -0.672. The van der Waals surface area contributed by atoms with Gasteiger partial charge in [-0.15, -0.1) is 0 Å². The van der Waals surface area contributed by atoms with Crippen LogP contribution in [0.15, 0.2) is 72.8 Å². The predicted octanol–water partition coefficient (Wildman–Crippen LogP) is 6.80. The lowest BCUT2D eigenvalue weighted by molar-refractivity contribution is -0.120. The molecule has 1 unspecified atom stereocenters. The number of nitrogens with zero attached hydrogens (tertiary/aromatic N) is 1. The van der Waals surface area contributed by atoms with Crippen LogP contribution in [0.5, 0.6) is 0 Å². The van der Waals surface area contributed by atoms with E-state index in [-0.39, 0.29) is 23.0 Å². The minimum atomic E-state index is -0.668. The Hall–Kier alpha value is -3.54. The van der Waals surface area contributed by atoms with Crippen molar-refractivity contribution < 1.29 is 18.4 Å². The van der Waals surface area contributed by atoms with Gasteiger partial charge in [0.15, 0.2) is 0 Å². The summed E-state index contributed by atoms with van der Waals surface area (Å²) in [5.41, 5.74) is 3.75. The molecule has 1 N–H and O–H groups in total. The Labute approximate surface area is 223 Å². The predicted molar refractivity (Wildman–Crippen MR) is 145 cm³/mol. The fraction of sp³-hybridized carbons (Fsp3) is 0.375. The van der Waals surface area contributed by atoms with Gasteiger partial charge in [-0.2, -0.15) is 0 Å². The Morgan fingerprint density at radius 3 is 2.39 bits per heavy atom. The van der Waals surface area contributed by atoms with Crippen LogP contribution < -0.4 is 10.2 Å². The first-order chi connectivity index (χ1) is 18.3. The molecular formula is C32H34F2N2O2. The topological polar surface area (TPSA) is 49.4 Å². The number of hydrogen-bond acceptors (Lipinski definition) is 2. The third-order valence-corrected chi connectivity index (χ3v) is 8.20. The summed E-state index contributed by atoms with van der Waals surface area (Å²) in [7, 11) is 0. The second-order valence-corrected chi connectivity index (χ2v) is 11.0. The van der Waals surface area contributed by atoms with Crippen LogP contribution in [0.1, 0.15) is 72.9 Å². The van der Waals surface area contributed by atoms with Gasteiger partial charge < -0.3 is 10.2 Å². The third-order valence-electron chi connectivity index (χ3n) is 8.20. The number of hydrogen-bond donors (Lipinski definition) is 1. The Balaban J connectivity index is 1.24. The van der Waals surface area contributed by atoms with Crippen LogP contribution in [0.4, 0.5) is 14.5 Å². The van der Waals surface area contributed by atoms with Crippen molar-refractivity contribution in [1.29, 1.82) is 0 Å². The first kappa shape index (κ1) is 26.1. The van der Waals surface area contributed by atoms with Crippen molar-refractivity contribution in [3.8, 4) is 0 Å². The zero-order valence-electron chi connectivity index (χ0n) is 21.8. The van der Waals surface area contributed by atoms with Gasteiger partial charge >= 0.3 is 0 Å². The van der Waals surface area contributed by atoms with Gasteiger partial charge in [0.25, 0.3) is 5.91 Å². The van der Waals surface area contributed by atoms with E-state index in [1.807, 2.05) is 30.3 Å². The summed E-state index contributed by atoms with van der Waals surface area (Å²) < 4.78 is 26.7. The van der Waals surface area contributed by atoms with Gasteiger partial charge in [0.05, 0.1) is 0 Å². The molecule has 1 heterocycles. The monoisotopic (exact) mass is 516 g/mol. The third kappa shape index (κ3) is 5.79. The van der Waals surface area contributed by atoms with Crippen LogP contribution in [0.3, 0.4) is 0 Å². The summed E-state index contributed by atoms with van der Waals surface area (Å²) in [6.45, 7) is 2.89. The van der Waals surface area contributed by atoms with Crippen LogP contribution in [-0.4, -0.2) is 24.4 Å². The number of amides is 2. The first-order valence-electron chi connectivity index (χ1n) is 13.6. The van der Waals surface area contributed by atoms with Crippen molar-refractivity contribution in [3.05, 3.63) is 101 Å². The Morgan fingerprint density at radius 2 is 1.66 bits per heavy atom. The number of aryl methyl sites for hydroxylation is 1. The molecule has 1 aliphatic carbocycles. The van der Waals surface area contributed by atoms with Crippen LogP contribution in [0.25, 0.3) is 0 Å². The summed E-state index contributed by atoms with van der Waals surface area (Å²) in [6.07, 6.45) is 6.15. The van der Waals surface area contributed by atoms with Gasteiger partial charge in [-0.25, -0.2) is 8.78 Å². The number of nitrogens with one attached hydrogen (secondary N) is 1. The minimum Gasteiger partial charge on any atom is -0.340 e. The molecule has 3 atom stereocenters. The van der Waals surface area contributed by atoms with Gasteiger partial charge in [-0.05, 0) is 97.0 Å². The number of para-hydroxylation sites is 1. The van der Waals surface area contributed by atoms with Crippen molar-refractivity contribution >= 4 is 17.5 Å². The zero-order valence-corrected chi connectivity index (χ0v) is 21.8. The number of unbranched alkanes of at least 4 members (excludes halogenated alkanes) is 1. The van der Waals surface area contributed by atoms with Crippen LogP contribution in [0.2, 0.25) is 0 Å². The molecule has 0 aromatic heterocycles. The van der Waals surface area contributed by atoms with Crippen LogP contribution >= 0.6 is 0 Å². The van der Waals surface area contributed by atoms with E-state index in [0.29, 0.717) is 24.4 Å². The molecule has 3 aromatic rings. The van der Waals surface area contributed by atoms with Gasteiger partial charge in [-0.3, -0.25) is 9.59 Å². The standard InChI is InChI=1S/C32H34F2N2O2/c1-32(21-27(32)22-11-15-25(33)16-12-22)19-5-4-9-28(35-30(37)24-13-17-26(34)18-14-24)31(38)36-20-6-8-23-7-2-3-10-29(23)36/h2-3,7,10-18,27-28H,4-6,8-9,19-21H2,1H3,(H,35,37)/t27-,28-,32?/m0/s1. The van der Waals surface area contributed by atoms with Crippen molar-refractivity contribution in [2.24, 2.45) is 5.41 Å². The highest BCUT2D eigenvalue weighted by Gasteiger charge is 2.49. The molecule has 4 nitrogen and oxygen atoms in total. The van der Waals surface area contributed by atoms with Crippen LogP contribution in [-0.2, 0) is 11.2 Å².